The van der Waals surface area contributed by atoms with Gasteiger partial charge in [-0.15, -0.1) is 0 Å². The Morgan fingerprint density at radius 2 is 1.87 bits per heavy atom. The summed E-state index contributed by atoms with van der Waals surface area (Å²) in [6, 6.07) is 6.92. The maximum atomic E-state index is 12.4. The Morgan fingerprint density at radius 1 is 1.17 bits per heavy atom. The van der Waals surface area contributed by atoms with E-state index in [1.807, 2.05) is 18.2 Å². The summed E-state index contributed by atoms with van der Waals surface area (Å²) in [7, 11) is 0. The van der Waals surface area contributed by atoms with Gasteiger partial charge in [-0.25, -0.2) is 4.79 Å². The van der Waals surface area contributed by atoms with Crippen LogP contribution in [-0.4, -0.2) is 34.5 Å². The van der Waals surface area contributed by atoms with Crippen LogP contribution in [-0.2, 0) is 16.0 Å². The summed E-state index contributed by atoms with van der Waals surface area (Å²) in [6.45, 7) is 0.366. The highest BCUT2D eigenvalue weighted by Crippen LogP contribution is 2.30. The number of fused-ring (bicyclic) bond motifs is 1. The van der Waals surface area contributed by atoms with Crippen LogP contribution < -0.4 is 5.32 Å². The standard InChI is InChI=1S/C17H20N2O4/c20-15-9-13-3-1-2-4-14(13)18-17(23)19(15)10-11-5-7-12(8-6-11)16(21)22/h1-4,11-12H,5-10H2,(H,18,23)(H,21,22). The summed E-state index contributed by atoms with van der Waals surface area (Å²) in [6.07, 6.45) is 2.91. The smallest absolute Gasteiger partial charge is 0.328 e. The number of nitrogens with one attached hydrogen (secondary N) is 1. The number of benzene rings is 1. The van der Waals surface area contributed by atoms with Gasteiger partial charge in [0.1, 0.15) is 0 Å². The fourth-order valence-corrected chi connectivity index (χ4v) is 3.39. The topological polar surface area (TPSA) is 86.7 Å². The molecule has 1 aromatic rings. The van der Waals surface area contributed by atoms with Crippen molar-refractivity contribution in [2.45, 2.75) is 32.1 Å². The Balaban J connectivity index is 1.66. The van der Waals surface area contributed by atoms with E-state index in [2.05, 4.69) is 5.32 Å². The number of carbonyl (C=O) groups is 3. The van der Waals surface area contributed by atoms with E-state index in [0.29, 0.717) is 25.1 Å². The highest BCUT2D eigenvalue weighted by Gasteiger charge is 2.32. The quantitative estimate of drug-likeness (QED) is 0.897. The van der Waals surface area contributed by atoms with E-state index in [9.17, 15) is 14.4 Å². The molecule has 3 rings (SSSR count). The number of carbonyl (C=O) groups excluding carboxylic acids is 2. The molecule has 1 aromatic carbocycles. The van der Waals surface area contributed by atoms with Crippen LogP contribution in [0.1, 0.15) is 31.2 Å². The van der Waals surface area contributed by atoms with Crippen LogP contribution in [0.25, 0.3) is 0 Å². The average Bonchev–Trinajstić information content (AvgIpc) is 2.65. The molecule has 1 aliphatic heterocycles. The molecule has 0 aromatic heterocycles. The van der Waals surface area contributed by atoms with Crippen LogP contribution in [0.2, 0.25) is 0 Å². The molecule has 0 spiro atoms. The molecule has 2 aliphatic rings. The second kappa shape index (κ2) is 6.40. The van der Waals surface area contributed by atoms with Crippen molar-refractivity contribution in [3.8, 4) is 0 Å². The van der Waals surface area contributed by atoms with Crippen molar-refractivity contribution in [1.82, 2.24) is 4.90 Å². The van der Waals surface area contributed by atoms with E-state index in [1.165, 1.54) is 4.90 Å². The van der Waals surface area contributed by atoms with Crippen molar-refractivity contribution in [1.29, 1.82) is 0 Å². The van der Waals surface area contributed by atoms with E-state index in [1.54, 1.807) is 6.07 Å². The van der Waals surface area contributed by atoms with E-state index >= 15 is 0 Å². The molecule has 1 fully saturated rings. The van der Waals surface area contributed by atoms with Crippen LogP contribution in [0.4, 0.5) is 10.5 Å². The minimum Gasteiger partial charge on any atom is -0.481 e. The lowest BCUT2D eigenvalue weighted by Gasteiger charge is -2.29. The van der Waals surface area contributed by atoms with Gasteiger partial charge in [-0.1, -0.05) is 18.2 Å². The first-order valence-corrected chi connectivity index (χ1v) is 7.96. The minimum absolute atomic E-state index is 0.182. The zero-order valence-electron chi connectivity index (χ0n) is 12.8. The Bertz CT molecular complexity index is 598. The predicted molar refractivity (Wildman–Crippen MR) is 84.0 cm³/mol. The van der Waals surface area contributed by atoms with E-state index in [4.69, 9.17) is 5.11 Å². The second-order valence-electron chi connectivity index (χ2n) is 6.32. The van der Waals surface area contributed by atoms with Crippen molar-refractivity contribution in [2.24, 2.45) is 11.8 Å². The van der Waals surface area contributed by atoms with Crippen molar-refractivity contribution < 1.29 is 19.5 Å². The maximum Gasteiger partial charge on any atom is 0.328 e. The molecular weight excluding hydrogens is 296 g/mol. The summed E-state index contributed by atoms with van der Waals surface area (Å²) >= 11 is 0. The lowest BCUT2D eigenvalue weighted by atomic mass is 9.82. The van der Waals surface area contributed by atoms with Gasteiger partial charge in [0.15, 0.2) is 0 Å². The first-order valence-electron chi connectivity index (χ1n) is 7.96. The molecule has 6 heteroatoms. The number of carboxylic acids is 1. The zero-order chi connectivity index (χ0) is 16.4. The van der Waals surface area contributed by atoms with Crippen LogP contribution >= 0.6 is 0 Å². The van der Waals surface area contributed by atoms with Gasteiger partial charge < -0.3 is 10.4 Å². The third-order valence-electron chi connectivity index (χ3n) is 4.78. The Hall–Kier alpha value is -2.37. The van der Waals surface area contributed by atoms with Gasteiger partial charge in [-0.3, -0.25) is 14.5 Å². The number of hydrogen-bond donors (Lipinski definition) is 2. The molecule has 1 saturated carbocycles. The molecule has 122 valence electrons. The monoisotopic (exact) mass is 316 g/mol. The van der Waals surface area contributed by atoms with Crippen molar-refractivity contribution in [3.05, 3.63) is 29.8 Å². The van der Waals surface area contributed by atoms with Crippen molar-refractivity contribution in [3.63, 3.8) is 0 Å². The molecule has 0 unspecified atom stereocenters. The van der Waals surface area contributed by atoms with Gasteiger partial charge in [-0.2, -0.15) is 0 Å². The Labute approximate surface area is 134 Å². The van der Waals surface area contributed by atoms with E-state index in [0.717, 1.165) is 18.4 Å². The normalized spacial score (nSPS) is 24.6. The largest absolute Gasteiger partial charge is 0.481 e. The molecule has 3 amide bonds. The third kappa shape index (κ3) is 3.36. The molecule has 6 nitrogen and oxygen atoms in total. The number of imide groups is 1. The Morgan fingerprint density at radius 3 is 2.57 bits per heavy atom. The zero-order valence-corrected chi connectivity index (χ0v) is 12.8. The minimum atomic E-state index is -0.748. The maximum absolute atomic E-state index is 12.4. The number of anilines is 1. The van der Waals surface area contributed by atoms with Crippen molar-refractivity contribution in [2.75, 3.05) is 11.9 Å². The number of hydrogen-bond acceptors (Lipinski definition) is 3. The number of aliphatic carboxylic acids is 1. The number of urea groups is 1. The first kappa shape index (κ1) is 15.5. The first-order chi connectivity index (χ1) is 11.0. The second-order valence-corrected chi connectivity index (χ2v) is 6.32. The predicted octanol–water partition coefficient (Wildman–Crippen LogP) is 2.49. The summed E-state index contributed by atoms with van der Waals surface area (Å²) in [4.78, 5) is 37.0. The molecule has 23 heavy (non-hydrogen) atoms. The van der Waals surface area contributed by atoms with Gasteiger partial charge in [0, 0.05) is 12.2 Å². The van der Waals surface area contributed by atoms with Gasteiger partial charge in [0.2, 0.25) is 5.91 Å². The Kier molecular flexibility index (Phi) is 4.32. The lowest BCUT2D eigenvalue weighted by Crippen LogP contribution is -2.42. The molecule has 0 saturated heterocycles. The number of para-hydroxylation sites is 1. The summed E-state index contributed by atoms with van der Waals surface area (Å²) in [5, 5.41) is 11.8. The number of carboxylic acid groups (broad SMARTS) is 1. The van der Waals surface area contributed by atoms with Gasteiger partial charge >= 0.3 is 12.0 Å². The van der Waals surface area contributed by atoms with E-state index in [-0.39, 0.29) is 30.2 Å². The summed E-state index contributed by atoms with van der Waals surface area (Å²) in [5.41, 5.74) is 1.51. The highest BCUT2D eigenvalue weighted by molar-refractivity contribution is 6.04. The van der Waals surface area contributed by atoms with Crippen LogP contribution in [0.3, 0.4) is 0 Å². The van der Waals surface area contributed by atoms with Crippen LogP contribution in [0.5, 0.6) is 0 Å². The summed E-state index contributed by atoms with van der Waals surface area (Å²) in [5.74, 6) is -1.05. The molecular formula is C17H20N2O4. The SMILES string of the molecule is O=C(O)C1CCC(CN2C(=O)Cc3ccccc3NC2=O)CC1. The number of rotatable bonds is 3. The fraction of sp³-hybridized carbons (Fsp3) is 0.471. The molecule has 1 aliphatic carbocycles. The molecule has 0 atom stereocenters. The third-order valence-corrected chi connectivity index (χ3v) is 4.78. The van der Waals surface area contributed by atoms with Crippen LogP contribution in [0, 0.1) is 11.8 Å². The average molecular weight is 316 g/mol. The fourth-order valence-electron chi connectivity index (χ4n) is 3.39. The van der Waals surface area contributed by atoms with Gasteiger partial charge in [0.25, 0.3) is 0 Å². The summed E-state index contributed by atoms with van der Waals surface area (Å²) < 4.78 is 0. The van der Waals surface area contributed by atoms with Crippen molar-refractivity contribution >= 4 is 23.6 Å². The molecule has 0 bridgehead atoms. The number of nitrogens with zero attached hydrogens (tertiary/aromatic N) is 1. The van der Waals surface area contributed by atoms with Gasteiger partial charge in [0.05, 0.1) is 12.3 Å². The molecule has 0 radical (unpaired) electrons. The molecule has 1 heterocycles. The van der Waals surface area contributed by atoms with Crippen LogP contribution in [0.15, 0.2) is 24.3 Å². The van der Waals surface area contributed by atoms with Gasteiger partial charge in [-0.05, 0) is 43.2 Å². The molecule has 2 N–H and O–H groups in total. The highest BCUT2D eigenvalue weighted by atomic mass is 16.4. The lowest BCUT2D eigenvalue weighted by molar-refractivity contribution is -0.143. The van der Waals surface area contributed by atoms with E-state index < -0.39 is 5.97 Å². The number of amides is 3.